The van der Waals surface area contributed by atoms with Crippen LogP contribution < -0.4 is 0 Å². The largest absolute Gasteiger partial charge is 0.389 e. The number of pyridine rings is 1. The van der Waals surface area contributed by atoms with Crippen LogP contribution in [0.2, 0.25) is 5.02 Å². The predicted molar refractivity (Wildman–Crippen MR) is 67.3 cm³/mol. The highest BCUT2D eigenvalue weighted by Gasteiger charge is 2.29. The Balaban J connectivity index is 2.26. The molecule has 0 fully saturated rings. The molecule has 2 rings (SSSR count). The van der Waals surface area contributed by atoms with Gasteiger partial charge in [-0.15, -0.1) is 11.8 Å². The topological polar surface area (TPSA) is 34.5 Å². The number of hydrogen-bond acceptors (Lipinski definition) is 4. The van der Waals surface area contributed by atoms with Crippen LogP contribution in [0.5, 0.6) is 0 Å². The van der Waals surface area contributed by atoms with Crippen LogP contribution in [0.1, 0.15) is 25.8 Å². The van der Waals surface area contributed by atoms with E-state index in [-0.39, 0.29) is 5.60 Å². The molecule has 0 amide bonds. The van der Waals surface area contributed by atoms with Crippen LogP contribution in [0.4, 0.5) is 0 Å². The summed E-state index contributed by atoms with van der Waals surface area (Å²) in [6.07, 6.45) is 4.53. The molecule has 0 saturated heterocycles. The van der Waals surface area contributed by atoms with Gasteiger partial charge in [0.1, 0.15) is 10.6 Å². The van der Waals surface area contributed by atoms with E-state index in [1.807, 2.05) is 26.2 Å². The lowest BCUT2D eigenvalue weighted by Crippen LogP contribution is -2.19. The molecular weight excluding hydrogens is 244 g/mol. The van der Waals surface area contributed by atoms with E-state index in [9.17, 15) is 0 Å². The highest BCUT2D eigenvalue weighted by atomic mass is 35.5. The molecule has 1 aromatic rings. The molecule has 0 unspecified atom stereocenters. The van der Waals surface area contributed by atoms with E-state index in [1.54, 1.807) is 6.20 Å². The Bertz CT molecular complexity index is 446. The standard InChI is InChI=1S/C11H13ClN2OS/c1-11(2)5-9(14-15-11)7-4-8(12)10(16-3)13-6-7/h4,6H,5H2,1-3H3. The average Bonchev–Trinajstić information content (AvgIpc) is 2.59. The van der Waals surface area contributed by atoms with E-state index >= 15 is 0 Å². The monoisotopic (exact) mass is 256 g/mol. The minimum atomic E-state index is -0.222. The van der Waals surface area contributed by atoms with Crippen LogP contribution in [0.3, 0.4) is 0 Å². The van der Waals surface area contributed by atoms with Gasteiger partial charge in [0.05, 0.1) is 10.7 Å². The molecule has 0 aromatic carbocycles. The summed E-state index contributed by atoms with van der Waals surface area (Å²) in [5, 5.41) is 5.57. The zero-order chi connectivity index (χ0) is 11.8. The van der Waals surface area contributed by atoms with Gasteiger partial charge in [0.15, 0.2) is 0 Å². The van der Waals surface area contributed by atoms with E-state index < -0.39 is 0 Å². The quantitative estimate of drug-likeness (QED) is 0.761. The molecule has 2 heterocycles. The van der Waals surface area contributed by atoms with Crippen LogP contribution >= 0.6 is 23.4 Å². The molecule has 0 bridgehead atoms. The Morgan fingerprint density at radius 3 is 2.75 bits per heavy atom. The Labute approximate surface area is 104 Å². The van der Waals surface area contributed by atoms with Crippen molar-refractivity contribution in [3.63, 3.8) is 0 Å². The molecule has 1 aromatic heterocycles. The van der Waals surface area contributed by atoms with Gasteiger partial charge in [-0.1, -0.05) is 16.8 Å². The van der Waals surface area contributed by atoms with E-state index in [0.717, 1.165) is 22.7 Å². The number of hydrogen-bond donors (Lipinski definition) is 0. The van der Waals surface area contributed by atoms with Gasteiger partial charge in [0.2, 0.25) is 0 Å². The highest BCUT2D eigenvalue weighted by Crippen LogP contribution is 2.28. The molecule has 0 spiro atoms. The van der Waals surface area contributed by atoms with E-state index in [0.29, 0.717) is 5.02 Å². The van der Waals surface area contributed by atoms with Crippen molar-refractivity contribution in [1.29, 1.82) is 0 Å². The second kappa shape index (κ2) is 4.26. The van der Waals surface area contributed by atoms with Crippen molar-refractivity contribution in [3.05, 3.63) is 22.8 Å². The summed E-state index contributed by atoms with van der Waals surface area (Å²) in [6, 6.07) is 1.89. The first kappa shape index (κ1) is 11.7. The third-order valence-electron chi connectivity index (χ3n) is 2.33. The Hall–Kier alpha value is -0.740. The van der Waals surface area contributed by atoms with Crippen LogP contribution in [0, 0.1) is 0 Å². The number of nitrogens with zero attached hydrogens (tertiary/aromatic N) is 2. The number of aromatic nitrogens is 1. The zero-order valence-electron chi connectivity index (χ0n) is 9.45. The SMILES string of the molecule is CSc1ncc(C2=NOC(C)(C)C2)cc1Cl. The molecular formula is C11H13ClN2OS. The Morgan fingerprint density at radius 1 is 1.50 bits per heavy atom. The maximum Gasteiger partial charge on any atom is 0.137 e. The Kier molecular flexibility index (Phi) is 3.13. The van der Waals surface area contributed by atoms with Crippen LogP contribution in [-0.2, 0) is 4.84 Å². The third-order valence-corrected chi connectivity index (χ3v) is 3.44. The first-order chi connectivity index (χ1) is 7.52. The Morgan fingerprint density at radius 2 is 2.25 bits per heavy atom. The molecule has 3 nitrogen and oxygen atoms in total. The van der Waals surface area contributed by atoms with Crippen molar-refractivity contribution in [2.24, 2.45) is 5.16 Å². The van der Waals surface area contributed by atoms with Gasteiger partial charge in [0, 0.05) is 18.2 Å². The number of thioether (sulfide) groups is 1. The van der Waals surface area contributed by atoms with Crippen molar-refractivity contribution in [2.45, 2.75) is 30.9 Å². The number of halogens is 1. The summed E-state index contributed by atoms with van der Waals surface area (Å²) in [4.78, 5) is 9.60. The molecule has 5 heteroatoms. The molecule has 86 valence electrons. The maximum absolute atomic E-state index is 6.10. The molecule has 0 N–H and O–H groups in total. The van der Waals surface area contributed by atoms with Crippen LogP contribution in [0.25, 0.3) is 0 Å². The smallest absolute Gasteiger partial charge is 0.137 e. The van der Waals surface area contributed by atoms with Crippen molar-refractivity contribution in [1.82, 2.24) is 4.98 Å². The predicted octanol–water partition coefficient (Wildman–Crippen LogP) is 3.36. The van der Waals surface area contributed by atoms with Gasteiger partial charge >= 0.3 is 0 Å². The lowest BCUT2D eigenvalue weighted by Gasteiger charge is -2.13. The minimum Gasteiger partial charge on any atom is -0.389 e. The first-order valence-corrected chi connectivity index (χ1v) is 6.57. The van der Waals surface area contributed by atoms with Crippen molar-refractivity contribution in [3.8, 4) is 0 Å². The lowest BCUT2D eigenvalue weighted by molar-refractivity contribution is 0.0123. The van der Waals surface area contributed by atoms with Gasteiger partial charge in [-0.3, -0.25) is 0 Å². The fraction of sp³-hybridized carbons (Fsp3) is 0.455. The molecule has 0 saturated carbocycles. The van der Waals surface area contributed by atoms with E-state index in [2.05, 4.69) is 10.1 Å². The van der Waals surface area contributed by atoms with Gasteiger partial charge in [-0.25, -0.2) is 4.98 Å². The van der Waals surface area contributed by atoms with Gasteiger partial charge in [-0.05, 0) is 26.2 Å². The molecule has 16 heavy (non-hydrogen) atoms. The van der Waals surface area contributed by atoms with Gasteiger partial charge in [-0.2, -0.15) is 0 Å². The zero-order valence-corrected chi connectivity index (χ0v) is 11.0. The van der Waals surface area contributed by atoms with Gasteiger partial charge < -0.3 is 4.84 Å². The number of rotatable bonds is 2. The molecule has 0 radical (unpaired) electrons. The van der Waals surface area contributed by atoms with Crippen LogP contribution in [0.15, 0.2) is 22.4 Å². The first-order valence-electron chi connectivity index (χ1n) is 4.97. The molecule has 0 atom stereocenters. The summed E-state index contributed by atoms with van der Waals surface area (Å²) in [7, 11) is 0. The molecule has 1 aliphatic heterocycles. The summed E-state index contributed by atoms with van der Waals surface area (Å²) in [5.74, 6) is 0. The summed E-state index contributed by atoms with van der Waals surface area (Å²) < 4.78 is 0. The summed E-state index contributed by atoms with van der Waals surface area (Å²) >= 11 is 7.63. The van der Waals surface area contributed by atoms with E-state index in [1.165, 1.54) is 11.8 Å². The molecule has 1 aliphatic rings. The summed E-state index contributed by atoms with van der Waals surface area (Å²) in [5.41, 5.74) is 1.63. The third kappa shape index (κ3) is 2.33. The number of oxime groups is 1. The highest BCUT2D eigenvalue weighted by molar-refractivity contribution is 7.98. The van der Waals surface area contributed by atoms with Crippen molar-refractivity contribution < 1.29 is 4.84 Å². The maximum atomic E-state index is 6.10. The van der Waals surface area contributed by atoms with Gasteiger partial charge in [0.25, 0.3) is 0 Å². The van der Waals surface area contributed by atoms with Crippen molar-refractivity contribution in [2.75, 3.05) is 6.26 Å². The normalized spacial score (nSPS) is 18.1. The summed E-state index contributed by atoms with van der Waals surface area (Å²) in [6.45, 7) is 4.02. The second-order valence-corrected chi connectivity index (χ2v) is 5.48. The van der Waals surface area contributed by atoms with E-state index in [4.69, 9.17) is 16.4 Å². The average molecular weight is 257 g/mol. The minimum absolute atomic E-state index is 0.222. The molecule has 0 aliphatic carbocycles. The van der Waals surface area contributed by atoms with Crippen molar-refractivity contribution >= 4 is 29.1 Å². The lowest BCUT2D eigenvalue weighted by atomic mass is 9.99. The second-order valence-electron chi connectivity index (χ2n) is 4.28. The fourth-order valence-corrected chi connectivity index (χ4v) is 2.34. The fourth-order valence-electron chi connectivity index (χ4n) is 1.53. The van der Waals surface area contributed by atoms with Crippen LogP contribution in [-0.4, -0.2) is 22.6 Å².